The van der Waals surface area contributed by atoms with Crippen molar-refractivity contribution < 1.29 is 14.6 Å². The molecule has 5 heteroatoms. The highest BCUT2D eigenvalue weighted by Crippen LogP contribution is 2.36. The highest BCUT2D eigenvalue weighted by molar-refractivity contribution is 9.10. The van der Waals surface area contributed by atoms with Crippen LogP contribution >= 0.6 is 15.9 Å². The molecule has 2 aromatic rings. The summed E-state index contributed by atoms with van der Waals surface area (Å²) in [5, 5.41) is 12.3. The molecule has 26 heavy (non-hydrogen) atoms. The quantitative estimate of drug-likeness (QED) is 0.520. The molecule has 2 aromatic carbocycles. The molecule has 0 aliphatic carbocycles. The Morgan fingerprint density at radius 1 is 1.12 bits per heavy atom. The Morgan fingerprint density at radius 2 is 1.96 bits per heavy atom. The summed E-state index contributed by atoms with van der Waals surface area (Å²) in [6.45, 7) is 4.44. The summed E-state index contributed by atoms with van der Waals surface area (Å²) in [5.74, 6) is 1.50. The molecule has 0 unspecified atom stereocenters. The van der Waals surface area contributed by atoms with E-state index >= 15 is 0 Å². The largest absolute Gasteiger partial charge is 0.493 e. The summed E-state index contributed by atoms with van der Waals surface area (Å²) >= 11 is 3.63. The second-order valence-electron chi connectivity index (χ2n) is 6.30. The van der Waals surface area contributed by atoms with Gasteiger partial charge >= 0.3 is 0 Å². The van der Waals surface area contributed by atoms with Crippen molar-refractivity contribution in [3.05, 3.63) is 57.6 Å². The van der Waals surface area contributed by atoms with Crippen LogP contribution in [0.5, 0.6) is 11.5 Å². The smallest absolute Gasteiger partial charge is 0.167 e. The van der Waals surface area contributed by atoms with Crippen LogP contribution in [0.15, 0.2) is 40.9 Å². The first-order chi connectivity index (χ1) is 12.7. The van der Waals surface area contributed by atoms with Crippen molar-refractivity contribution in [2.24, 2.45) is 0 Å². The number of halogens is 1. The fourth-order valence-electron chi connectivity index (χ4n) is 2.78. The molecule has 0 spiro atoms. The minimum Gasteiger partial charge on any atom is -0.493 e. The molecule has 0 amide bonds. The Kier molecular flexibility index (Phi) is 8.95. The van der Waals surface area contributed by atoms with Crippen molar-refractivity contribution >= 4 is 15.9 Å². The standard InChI is InChI=1S/C21H28BrNO3/c1-16-7-6-8-17(13-16)15-26-21-18(14-23-11-4-3-5-12-24)19(22)9-10-20(21)25-2/h6-10,13,23-24H,3-5,11-12,14-15H2,1-2H3. The summed E-state index contributed by atoms with van der Waals surface area (Å²) in [5.41, 5.74) is 3.41. The number of hydrogen-bond donors (Lipinski definition) is 2. The molecule has 2 N–H and O–H groups in total. The molecular formula is C21H28BrNO3. The lowest BCUT2D eigenvalue weighted by molar-refractivity contribution is 0.279. The number of unbranched alkanes of at least 4 members (excludes halogenated alkanes) is 2. The van der Waals surface area contributed by atoms with Gasteiger partial charge < -0.3 is 19.9 Å². The van der Waals surface area contributed by atoms with E-state index in [1.807, 2.05) is 18.2 Å². The van der Waals surface area contributed by atoms with Gasteiger partial charge in [0.2, 0.25) is 0 Å². The third-order valence-corrected chi connectivity index (χ3v) is 4.91. The van der Waals surface area contributed by atoms with Crippen LogP contribution in [0, 0.1) is 6.92 Å². The molecule has 4 nitrogen and oxygen atoms in total. The highest BCUT2D eigenvalue weighted by Gasteiger charge is 2.14. The van der Waals surface area contributed by atoms with Gasteiger partial charge in [0.05, 0.1) is 7.11 Å². The van der Waals surface area contributed by atoms with Crippen molar-refractivity contribution in [1.29, 1.82) is 0 Å². The first kappa shape index (κ1) is 20.7. The molecular weight excluding hydrogens is 394 g/mol. The van der Waals surface area contributed by atoms with Gasteiger partial charge in [-0.25, -0.2) is 0 Å². The van der Waals surface area contributed by atoms with Crippen molar-refractivity contribution in [1.82, 2.24) is 5.32 Å². The third-order valence-electron chi connectivity index (χ3n) is 4.17. The lowest BCUT2D eigenvalue weighted by atomic mass is 10.1. The van der Waals surface area contributed by atoms with Crippen molar-refractivity contribution in [2.45, 2.75) is 39.3 Å². The minimum atomic E-state index is 0.262. The maximum atomic E-state index is 8.84. The maximum Gasteiger partial charge on any atom is 0.167 e. The Balaban J connectivity index is 2.06. The number of rotatable bonds is 11. The number of ether oxygens (including phenoxy) is 2. The lowest BCUT2D eigenvalue weighted by Gasteiger charge is -2.17. The number of aryl methyl sites for hydroxylation is 1. The van der Waals surface area contributed by atoms with Gasteiger partial charge in [-0.3, -0.25) is 0 Å². The fourth-order valence-corrected chi connectivity index (χ4v) is 3.23. The Bertz CT molecular complexity index is 691. The second kappa shape index (κ2) is 11.2. The Morgan fingerprint density at radius 3 is 2.69 bits per heavy atom. The molecule has 0 saturated heterocycles. The van der Waals surface area contributed by atoms with Gasteiger partial charge in [-0.05, 0) is 50.4 Å². The van der Waals surface area contributed by atoms with Gasteiger partial charge in [0, 0.05) is 23.2 Å². The Hall–Kier alpha value is -1.56. The predicted octanol–water partition coefficient (Wildman–Crippen LogP) is 4.60. The lowest BCUT2D eigenvalue weighted by Crippen LogP contribution is -2.16. The molecule has 0 radical (unpaired) electrons. The predicted molar refractivity (Wildman–Crippen MR) is 109 cm³/mol. The third kappa shape index (κ3) is 6.31. The fraction of sp³-hybridized carbons (Fsp3) is 0.429. The van der Waals surface area contributed by atoms with Crippen LogP contribution in [0.4, 0.5) is 0 Å². The van der Waals surface area contributed by atoms with Crippen LogP contribution in [-0.2, 0) is 13.2 Å². The minimum absolute atomic E-state index is 0.262. The average molecular weight is 422 g/mol. The second-order valence-corrected chi connectivity index (χ2v) is 7.15. The molecule has 0 atom stereocenters. The maximum absolute atomic E-state index is 8.84. The summed E-state index contributed by atoms with van der Waals surface area (Å²) < 4.78 is 12.7. The van der Waals surface area contributed by atoms with E-state index in [0.29, 0.717) is 13.2 Å². The topological polar surface area (TPSA) is 50.7 Å². The van der Waals surface area contributed by atoms with E-state index in [2.05, 4.69) is 46.4 Å². The zero-order chi connectivity index (χ0) is 18.8. The molecule has 0 aliphatic heterocycles. The molecule has 0 heterocycles. The van der Waals surface area contributed by atoms with Gasteiger partial charge in [-0.1, -0.05) is 45.8 Å². The van der Waals surface area contributed by atoms with Crippen LogP contribution in [0.1, 0.15) is 36.0 Å². The highest BCUT2D eigenvalue weighted by atomic mass is 79.9. The van der Waals surface area contributed by atoms with Crippen LogP contribution in [-0.4, -0.2) is 25.4 Å². The number of benzene rings is 2. The van der Waals surface area contributed by atoms with Gasteiger partial charge in [0.1, 0.15) is 6.61 Å². The molecule has 142 valence electrons. The number of nitrogens with one attached hydrogen (secondary N) is 1. The first-order valence-corrected chi connectivity index (χ1v) is 9.80. The van der Waals surface area contributed by atoms with E-state index < -0.39 is 0 Å². The van der Waals surface area contributed by atoms with Crippen LogP contribution in [0.2, 0.25) is 0 Å². The van der Waals surface area contributed by atoms with Crippen molar-refractivity contribution in [2.75, 3.05) is 20.3 Å². The first-order valence-electron chi connectivity index (χ1n) is 9.01. The van der Waals surface area contributed by atoms with E-state index in [9.17, 15) is 0 Å². The number of methoxy groups -OCH3 is 1. The van der Waals surface area contributed by atoms with Gasteiger partial charge in [-0.2, -0.15) is 0 Å². The normalized spacial score (nSPS) is 10.8. The summed E-state index contributed by atoms with van der Waals surface area (Å²) in [4.78, 5) is 0. The van der Waals surface area contributed by atoms with E-state index in [1.54, 1.807) is 7.11 Å². The van der Waals surface area contributed by atoms with Crippen LogP contribution in [0.25, 0.3) is 0 Å². The summed E-state index contributed by atoms with van der Waals surface area (Å²) in [7, 11) is 1.66. The van der Waals surface area contributed by atoms with Gasteiger partial charge in [0.25, 0.3) is 0 Å². The van der Waals surface area contributed by atoms with Gasteiger partial charge in [-0.15, -0.1) is 0 Å². The van der Waals surface area contributed by atoms with Crippen molar-refractivity contribution in [3.8, 4) is 11.5 Å². The molecule has 0 bridgehead atoms. The number of aliphatic hydroxyl groups is 1. The van der Waals surface area contributed by atoms with Crippen molar-refractivity contribution in [3.63, 3.8) is 0 Å². The van der Waals surface area contributed by atoms with Crippen LogP contribution in [0.3, 0.4) is 0 Å². The van der Waals surface area contributed by atoms with Crippen LogP contribution < -0.4 is 14.8 Å². The number of hydrogen-bond acceptors (Lipinski definition) is 4. The average Bonchev–Trinajstić information content (AvgIpc) is 2.64. The van der Waals surface area contributed by atoms with E-state index in [0.717, 1.165) is 52.9 Å². The molecule has 0 fully saturated rings. The van der Waals surface area contributed by atoms with E-state index in [1.165, 1.54) is 5.56 Å². The van der Waals surface area contributed by atoms with E-state index in [4.69, 9.17) is 14.6 Å². The SMILES string of the molecule is COc1ccc(Br)c(CNCCCCCO)c1OCc1cccc(C)c1. The van der Waals surface area contributed by atoms with Gasteiger partial charge in [0.15, 0.2) is 11.5 Å². The summed E-state index contributed by atoms with van der Waals surface area (Å²) in [6.07, 6.45) is 2.93. The molecule has 0 aliphatic rings. The number of aliphatic hydroxyl groups excluding tert-OH is 1. The molecule has 2 rings (SSSR count). The zero-order valence-corrected chi connectivity index (χ0v) is 17.1. The molecule has 0 aromatic heterocycles. The zero-order valence-electron chi connectivity index (χ0n) is 15.6. The Labute approximate surface area is 164 Å². The summed E-state index contributed by atoms with van der Waals surface area (Å²) in [6, 6.07) is 12.2. The molecule has 0 saturated carbocycles. The monoisotopic (exact) mass is 421 g/mol. The van der Waals surface area contributed by atoms with E-state index in [-0.39, 0.29) is 6.61 Å².